The minimum absolute atomic E-state index is 0.0978. The number of ether oxygens (including phenoxy) is 1. The maximum absolute atomic E-state index is 13.7. The molecule has 0 saturated carbocycles. The molecule has 1 amide bonds. The molecule has 0 aromatic heterocycles. The Morgan fingerprint density at radius 2 is 1.15 bits per heavy atom. The van der Waals surface area contributed by atoms with Crippen LogP contribution in [0.5, 0.6) is 0 Å². The van der Waals surface area contributed by atoms with Crippen molar-refractivity contribution in [3.8, 4) is 0 Å². The topological polar surface area (TPSA) is 55.4 Å². The summed E-state index contributed by atoms with van der Waals surface area (Å²) in [5, 5.41) is 2.68. The fourth-order valence-corrected chi connectivity index (χ4v) is 4.99. The average molecular weight is 532 g/mol. The fourth-order valence-electron chi connectivity index (χ4n) is 4.99. The van der Waals surface area contributed by atoms with Crippen molar-refractivity contribution < 1.29 is 27.5 Å². The van der Waals surface area contributed by atoms with E-state index in [9.17, 15) is 22.8 Å². The molecular formula is C32H28F3NO3. The number of nitrogens with one attached hydrogen (secondary N) is 1. The van der Waals surface area contributed by atoms with Gasteiger partial charge in [0.1, 0.15) is 6.04 Å². The Morgan fingerprint density at radius 1 is 0.718 bits per heavy atom. The lowest BCUT2D eigenvalue weighted by Crippen LogP contribution is -2.46. The molecule has 0 fully saturated rings. The standard InChI is InChI=1S/C32H28F3NO3/c1-39-30(38)28(21-23-13-11-12-20-27(23)32(33,34)35)36-29(37)22-31(24-14-5-2-6-15-24,25-16-7-3-8-17-25)26-18-9-4-10-19-26/h2-20,28H,21-22H2,1H3,(H,36,37)/t28-/m0/s1. The molecule has 0 aliphatic heterocycles. The molecule has 4 nitrogen and oxygen atoms in total. The predicted octanol–water partition coefficient (Wildman–Crippen LogP) is 6.33. The van der Waals surface area contributed by atoms with Crippen LogP contribution in [0.4, 0.5) is 13.2 Å². The van der Waals surface area contributed by atoms with Crippen molar-refractivity contribution in [1.29, 1.82) is 0 Å². The molecule has 4 aromatic carbocycles. The highest BCUT2D eigenvalue weighted by Gasteiger charge is 2.40. The van der Waals surface area contributed by atoms with Gasteiger partial charge in [-0.1, -0.05) is 109 Å². The highest BCUT2D eigenvalue weighted by Crippen LogP contribution is 2.42. The first-order valence-corrected chi connectivity index (χ1v) is 12.4. The van der Waals surface area contributed by atoms with Gasteiger partial charge in [0.25, 0.3) is 0 Å². The Morgan fingerprint density at radius 3 is 1.59 bits per heavy atom. The minimum Gasteiger partial charge on any atom is -0.467 e. The zero-order valence-electron chi connectivity index (χ0n) is 21.3. The number of carbonyl (C=O) groups excluding carboxylic acids is 2. The smallest absolute Gasteiger partial charge is 0.416 e. The maximum atomic E-state index is 13.7. The number of amides is 1. The van der Waals surface area contributed by atoms with E-state index >= 15 is 0 Å². The van der Waals surface area contributed by atoms with Gasteiger partial charge in [0.2, 0.25) is 5.91 Å². The quantitative estimate of drug-likeness (QED) is 0.203. The summed E-state index contributed by atoms with van der Waals surface area (Å²) in [5.41, 5.74) is 0.665. The van der Waals surface area contributed by atoms with E-state index in [1.165, 1.54) is 18.2 Å². The fraction of sp³-hybridized carbons (Fsp3) is 0.188. The molecule has 0 spiro atoms. The lowest BCUT2D eigenvalue weighted by atomic mass is 9.67. The van der Waals surface area contributed by atoms with Crippen LogP contribution in [0.3, 0.4) is 0 Å². The summed E-state index contributed by atoms with van der Waals surface area (Å²) in [6, 6.07) is 32.3. The van der Waals surface area contributed by atoms with E-state index in [2.05, 4.69) is 5.32 Å². The van der Waals surface area contributed by atoms with Gasteiger partial charge >= 0.3 is 12.1 Å². The number of halogens is 3. The third-order valence-electron chi connectivity index (χ3n) is 6.79. The number of alkyl halides is 3. The largest absolute Gasteiger partial charge is 0.467 e. The predicted molar refractivity (Wildman–Crippen MR) is 143 cm³/mol. The lowest BCUT2D eigenvalue weighted by molar-refractivity contribution is -0.145. The summed E-state index contributed by atoms with van der Waals surface area (Å²) in [7, 11) is 1.14. The van der Waals surface area contributed by atoms with Gasteiger partial charge in [-0.3, -0.25) is 4.79 Å². The second-order valence-corrected chi connectivity index (χ2v) is 9.18. The third-order valence-corrected chi connectivity index (χ3v) is 6.79. The van der Waals surface area contributed by atoms with Crippen LogP contribution < -0.4 is 5.32 Å². The SMILES string of the molecule is COC(=O)[C@H](Cc1ccccc1C(F)(F)F)NC(=O)CC(c1ccccc1)(c1ccccc1)c1ccccc1. The van der Waals surface area contributed by atoms with Gasteiger partial charge in [-0.2, -0.15) is 13.2 Å². The summed E-state index contributed by atoms with van der Waals surface area (Å²) in [6.07, 6.45) is -5.08. The van der Waals surface area contributed by atoms with Crippen molar-refractivity contribution in [3.63, 3.8) is 0 Å². The highest BCUT2D eigenvalue weighted by atomic mass is 19.4. The Bertz CT molecular complexity index is 1290. The molecule has 4 aromatic rings. The first-order valence-electron chi connectivity index (χ1n) is 12.4. The van der Waals surface area contributed by atoms with Crippen molar-refractivity contribution in [2.75, 3.05) is 7.11 Å². The van der Waals surface area contributed by atoms with Crippen LogP contribution in [0.1, 0.15) is 34.2 Å². The molecule has 0 bridgehead atoms. The lowest BCUT2D eigenvalue weighted by Gasteiger charge is -2.36. The Kier molecular flexibility index (Phi) is 8.49. The molecule has 39 heavy (non-hydrogen) atoms. The van der Waals surface area contributed by atoms with Crippen molar-refractivity contribution >= 4 is 11.9 Å². The Hall–Kier alpha value is -4.39. The van der Waals surface area contributed by atoms with Crippen molar-refractivity contribution in [1.82, 2.24) is 5.32 Å². The summed E-state index contributed by atoms with van der Waals surface area (Å²) in [4.78, 5) is 26.4. The number of rotatable bonds is 9. The maximum Gasteiger partial charge on any atom is 0.416 e. The van der Waals surface area contributed by atoms with E-state index in [1.54, 1.807) is 0 Å². The van der Waals surface area contributed by atoms with Crippen LogP contribution in [0.2, 0.25) is 0 Å². The van der Waals surface area contributed by atoms with Crippen molar-refractivity contribution in [2.24, 2.45) is 0 Å². The molecule has 0 radical (unpaired) electrons. The molecule has 1 N–H and O–H groups in total. The second-order valence-electron chi connectivity index (χ2n) is 9.18. The number of methoxy groups -OCH3 is 1. The first-order chi connectivity index (χ1) is 18.8. The van der Waals surface area contributed by atoms with E-state index in [4.69, 9.17) is 4.74 Å². The summed E-state index contributed by atoms with van der Waals surface area (Å²) < 4.78 is 45.7. The summed E-state index contributed by atoms with van der Waals surface area (Å²) in [5.74, 6) is -1.34. The van der Waals surface area contributed by atoms with Crippen LogP contribution in [0, 0.1) is 0 Å². The van der Waals surface area contributed by atoms with Crippen LogP contribution in [-0.2, 0) is 32.3 Å². The molecule has 200 valence electrons. The average Bonchev–Trinajstić information content (AvgIpc) is 2.96. The molecule has 0 aliphatic carbocycles. The molecule has 7 heteroatoms. The molecular weight excluding hydrogens is 503 g/mol. The van der Waals surface area contributed by atoms with Gasteiger partial charge in [0.05, 0.1) is 18.1 Å². The number of esters is 1. The van der Waals surface area contributed by atoms with Gasteiger partial charge < -0.3 is 10.1 Å². The zero-order valence-corrected chi connectivity index (χ0v) is 21.3. The number of hydrogen-bond donors (Lipinski definition) is 1. The highest BCUT2D eigenvalue weighted by molar-refractivity contribution is 5.86. The molecule has 0 aliphatic rings. The second kappa shape index (κ2) is 12.0. The zero-order chi connectivity index (χ0) is 27.9. The molecule has 4 rings (SSSR count). The van der Waals surface area contributed by atoms with Gasteiger partial charge in [-0.05, 0) is 28.3 Å². The molecule has 0 unspecified atom stereocenters. The molecule has 1 atom stereocenters. The minimum atomic E-state index is -4.61. The summed E-state index contributed by atoms with van der Waals surface area (Å²) in [6.45, 7) is 0. The third kappa shape index (κ3) is 6.20. The normalized spacial score (nSPS) is 12.4. The number of hydrogen-bond acceptors (Lipinski definition) is 3. The Labute approximate surface area is 225 Å². The van der Waals surface area contributed by atoms with Crippen LogP contribution >= 0.6 is 0 Å². The van der Waals surface area contributed by atoms with E-state index in [-0.39, 0.29) is 18.4 Å². The van der Waals surface area contributed by atoms with E-state index < -0.39 is 35.1 Å². The summed E-state index contributed by atoms with van der Waals surface area (Å²) >= 11 is 0. The van der Waals surface area contributed by atoms with Crippen LogP contribution in [0.15, 0.2) is 115 Å². The van der Waals surface area contributed by atoms with Crippen LogP contribution in [-0.4, -0.2) is 25.0 Å². The number of carbonyl (C=O) groups is 2. The van der Waals surface area contributed by atoms with Gasteiger partial charge in [-0.25, -0.2) is 4.79 Å². The van der Waals surface area contributed by atoms with E-state index in [1.807, 2.05) is 91.0 Å². The Balaban J connectivity index is 1.74. The van der Waals surface area contributed by atoms with E-state index in [0.29, 0.717) is 0 Å². The van der Waals surface area contributed by atoms with Crippen molar-refractivity contribution in [2.45, 2.75) is 30.5 Å². The van der Waals surface area contributed by atoms with Crippen LogP contribution in [0.25, 0.3) is 0 Å². The molecule has 0 heterocycles. The molecule has 0 saturated heterocycles. The monoisotopic (exact) mass is 531 g/mol. The van der Waals surface area contributed by atoms with Gasteiger partial charge in [0.15, 0.2) is 0 Å². The van der Waals surface area contributed by atoms with Gasteiger partial charge in [-0.15, -0.1) is 0 Å². The van der Waals surface area contributed by atoms with Crippen molar-refractivity contribution in [3.05, 3.63) is 143 Å². The number of benzene rings is 4. The first kappa shape index (κ1) is 27.6. The van der Waals surface area contributed by atoms with E-state index in [0.717, 1.165) is 29.9 Å². The van der Waals surface area contributed by atoms with Gasteiger partial charge in [0, 0.05) is 12.8 Å².